The maximum Gasteiger partial charge on any atom is -0.00690 e. The highest BCUT2D eigenvalue weighted by atomic mass is 32.1. The molecule has 1 aromatic carbocycles. The molecular weight excluding hydrogens is 188 g/mol. The summed E-state index contributed by atoms with van der Waals surface area (Å²) in [7, 11) is 0. The Morgan fingerprint density at radius 1 is 1.14 bits per heavy atom. The van der Waals surface area contributed by atoms with Crippen molar-refractivity contribution >= 4 is 12.6 Å². The molecule has 0 fully saturated rings. The van der Waals surface area contributed by atoms with Crippen molar-refractivity contribution < 1.29 is 0 Å². The van der Waals surface area contributed by atoms with Crippen LogP contribution in [0.15, 0.2) is 12.1 Å². The molecule has 1 rings (SSSR count). The lowest BCUT2D eigenvalue weighted by Crippen LogP contribution is -2.05. The zero-order valence-corrected chi connectivity index (χ0v) is 10.5. The number of benzene rings is 1. The van der Waals surface area contributed by atoms with Crippen LogP contribution in [-0.2, 0) is 6.42 Å². The number of aryl methyl sites for hydroxylation is 3. The van der Waals surface area contributed by atoms with E-state index < -0.39 is 0 Å². The molecule has 0 amide bonds. The third-order valence-corrected chi connectivity index (χ3v) is 3.33. The Labute approximate surface area is 93.1 Å². The second-order valence-corrected chi connectivity index (χ2v) is 4.73. The number of rotatable bonds is 3. The molecule has 0 bridgehead atoms. The summed E-state index contributed by atoms with van der Waals surface area (Å²) in [5.74, 6) is 1.63. The first-order chi connectivity index (χ1) is 6.54. The van der Waals surface area contributed by atoms with Gasteiger partial charge in [0.25, 0.3) is 0 Å². The van der Waals surface area contributed by atoms with Crippen LogP contribution < -0.4 is 0 Å². The van der Waals surface area contributed by atoms with Gasteiger partial charge in [0.05, 0.1) is 0 Å². The highest BCUT2D eigenvalue weighted by molar-refractivity contribution is 7.80. The van der Waals surface area contributed by atoms with E-state index in [1.165, 1.54) is 22.3 Å². The van der Waals surface area contributed by atoms with Crippen molar-refractivity contribution in [1.82, 2.24) is 0 Å². The van der Waals surface area contributed by atoms with Crippen LogP contribution >= 0.6 is 12.6 Å². The smallest absolute Gasteiger partial charge is 0.00690 e. The number of thiol groups is 1. The van der Waals surface area contributed by atoms with Crippen LogP contribution in [0.5, 0.6) is 0 Å². The molecule has 1 aromatic rings. The average molecular weight is 208 g/mol. The lowest BCUT2D eigenvalue weighted by atomic mass is 9.93. The summed E-state index contributed by atoms with van der Waals surface area (Å²) >= 11 is 4.33. The molecular formula is C13H20S. The minimum Gasteiger partial charge on any atom is -0.179 e. The average Bonchev–Trinajstić information content (AvgIpc) is 2.10. The molecule has 0 aliphatic carbocycles. The maximum absolute atomic E-state index is 4.33. The Kier molecular flexibility index (Phi) is 4.06. The summed E-state index contributed by atoms with van der Waals surface area (Å²) in [6, 6.07) is 4.54. The van der Waals surface area contributed by atoms with E-state index in [0.717, 1.165) is 12.2 Å². The van der Waals surface area contributed by atoms with Gasteiger partial charge in [0, 0.05) is 0 Å². The Balaban J connectivity index is 2.96. The van der Waals surface area contributed by atoms with Gasteiger partial charge in [0.2, 0.25) is 0 Å². The SMILES string of the molecule is Cc1cc(C)c(CC(C)CS)c(C)c1. The van der Waals surface area contributed by atoms with Gasteiger partial charge in [-0.2, -0.15) is 12.6 Å². The molecule has 1 atom stereocenters. The van der Waals surface area contributed by atoms with Crippen molar-refractivity contribution in [3.05, 3.63) is 34.4 Å². The van der Waals surface area contributed by atoms with Crippen LogP contribution in [0.2, 0.25) is 0 Å². The number of hydrogen-bond donors (Lipinski definition) is 1. The number of hydrogen-bond acceptors (Lipinski definition) is 1. The lowest BCUT2D eigenvalue weighted by Gasteiger charge is -2.14. The van der Waals surface area contributed by atoms with Gasteiger partial charge in [-0.3, -0.25) is 0 Å². The van der Waals surface area contributed by atoms with E-state index in [1.807, 2.05) is 0 Å². The fraction of sp³-hybridized carbons (Fsp3) is 0.538. The molecule has 0 heterocycles. The molecule has 78 valence electrons. The van der Waals surface area contributed by atoms with Crippen molar-refractivity contribution in [2.45, 2.75) is 34.1 Å². The molecule has 0 saturated heterocycles. The zero-order chi connectivity index (χ0) is 10.7. The summed E-state index contributed by atoms with van der Waals surface area (Å²) in [5.41, 5.74) is 5.73. The molecule has 14 heavy (non-hydrogen) atoms. The summed E-state index contributed by atoms with van der Waals surface area (Å²) in [6.07, 6.45) is 1.15. The third-order valence-electron chi connectivity index (χ3n) is 2.70. The highest BCUT2D eigenvalue weighted by Crippen LogP contribution is 2.20. The fourth-order valence-corrected chi connectivity index (χ4v) is 2.07. The van der Waals surface area contributed by atoms with Crippen molar-refractivity contribution in [2.75, 3.05) is 5.75 Å². The highest BCUT2D eigenvalue weighted by Gasteiger charge is 2.07. The van der Waals surface area contributed by atoms with Gasteiger partial charge in [0.15, 0.2) is 0 Å². The first-order valence-corrected chi connectivity index (χ1v) is 5.85. The van der Waals surface area contributed by atoms with Gasteiger partial charge in [0.1, 0.15) is 0 Å². The Hall–Kier alpha value is -0.430. The van der Waals surface area contributed by atoms with Crippen molar-refractivity contribution in [3.63, 3.8) is 0 Å². The van der Waals surface area contributed by atoms with Gasteiger partial charge >= 0.3 is 0 Å². The lowest BCUT2D eigenvalue weighted by molar-refractivity contribution is 0.655. The second kappa shape index (κ2) is 4.88. The van der Waals surface area contributed by atoms with E-state index in [9.17, 15) is 0 Å². The molecule has 0 aliphatic rings. The van der Waals surface area contributed by atoms with Crippen molar-refractivity contribution in [2.24, 2.45) is 5.92 Å². The molecule has 1 heteroatoms. The van der Waals surface area contributed by atoms with Crippen molar-refractivity contribution in [1.29, 1.82) is 0 Å². The second-order valence-electron chi connectivity index (χ2n) is 4.37. The third kappa shape index (κ3) is 2.78. The molecule has 0 radical (unpaired) electrons. The van der Waals surface area contributed by atoms with Crippen LogP contribution in [0.3, 0.4) is 0 Å². The van der Waals surface area contributed by atoms with E-state index >= 15 is 0 Å². The Morgan fingerprint density at radius 2 is 1.64 bits per heavy atom. The first-order valence-electron chi connectivity index (χ1n) is 5.22. The van der Waals surface area contributed by atoms with Crippen LogP contribution in [0, 0.1) is 26.7 Å². The summed E-state index contributed by atoms with van der Waals surface area (Å²) in [4.78, 5) is 0. The summed E-state index contributed by atoms with van der Waals surface area (Å²) < 4.78 is 0. The van der Waals surface area contributed by atoms with Gasteiger partial charge in [-0.25, -0.2) is 0 Å². The van der Waals surface area contributed by atoms with Crippen LogP contribution in [0.4, 0.5) is 0 Å². The van der Waals surface area contributed by atoms with E-state index in [0.29, 0.717) is 5.92 Å². The largest absolute Gasteiger partial charge is 0.179 e. The molecule has 0 saturated carbocycles. The Morgan fingerprint density at radius 3 is 2.07 bits per heavy atom. The topological polar surface area (TPSA) is 0 Å². The standard InChI is InChI=1S/C13H20S/c1-9-5-11(3)13(12(4)6-9)7-10(2)8-14/h5-6,10,14H,7-8H2,1-4H3. The molecule has 0 nitrogen and oxygen atoms in total. The van der Waals surface area contributed by atoms with E-state index in [4.69, 9.17) is 0 Å². The minimum absolute atomic E-state index is 0.665. The van der Waals surface area contributed by atoms with E-state index in [2.05, 4.69) is 52.5 Å². The van der Waals surface area contributed by atoms with Gasteiger partial charge in [-0.15, -0.1) is 0 Å². The van der Waals surface area contributed by atoms with Crippen LogP contribution in [-0.4, -0.2) is 5.75 Å². The van der Waals surface area contributed by atoms with Crippen LogP contribution in [0.1, 0.15) is 29.2 Å². The molecule has 1 unspecified atom stereocenters. The van der Waals surface area contributed by atoms with Gasteiger partial charge in [-0.05, 0) is 55.6 Å². The molecule has 0 aliphatic heterocycles. The van der Waals surface area contributed by atoms with E-state index in [1.54, 1.807) is 0 Å². The van der Waals surface area contributed by atoms with Crippen molar-refractivity contribution in [3.8, 4) is 0 Å². The molecule has 0 N–H and O–H groups in total. The Bertz CT molecular complexity index is 292. The van der Waals surface area contributed by atoms with Gasteiger partial charge < -0.3 is 0 Å². The normalized spacial score (nSPS) is 12.9. The van der Waals surface area contributed by atoms with E-state index in [-0.39, 0.29) is 0 Å². The van der Waals surface area contributed by atoms with Crippen LogP contribution in [0.25, 0.3) is 0 Å². The summed E-state index contributed by atoms with van der Waals surface area (Å²) in [6.45, 7) is 8.83. The first kappa shape index (κ1) is 11.6. The molecule has 0 aromatic heterocycles. The maximum atomic E-state index is 4.33. The predicted octanol–water partition coefficient (Wildman–Crippen LogP) is 3.72. The quantitative estimate of drug-likeness (QED) is 0.719. The molecule has 0 spiro atoms. The minimum atomic E-state index is 0.665. The fourth-order valence-electron chi connectivity index (χ4n) is 1.94. The predicted molar refractivity (Wildman–Crippen MR) is 67.4 cm³/mol. The monoisotopic (exact) mass is 208 g/mol. The van der Waals surface area contributed by atoms with Gasteiger partial charge in [-0.1, -0.05) is 24.6 Å². The zero-order valence-electron chi connectivity index (χ0n) is 9.59. The summed E-state index contributed by atoms with van der Waals surface area (Å²) in [5, 5.41) is 0.